The van der Waals surface area contributed by atoms with Crippen LogP contribution in [0.4, 0.5) is 11.4 Å². The molecule has 3 heteroatoms. The predicted octanol–water partition coefficient (Wildman–Crippen LogP) is 2.84. The van der Waals surface area contributed by atoms with Gasteiger partial charge in [-0.3, -0.25) is 4.79 Å². The van der Waals surface area contributed by atoms with Gasteiger partial charge in [-0.1, -0.05) is 29.8 Å². The predicted molar refractivity (Wildman–Crippen MR) is 69.4 cm³/mol. The molecule has 1 aliphatic heterocycles. The van der Waals surface area contributed by atoms with Gasteiger partial charge in [0.1, 0.15) is 0 Å². The van der Waals surface area contributed by atoms with Crippen molar-refractivity contribution >= 4 is 17.3 Å². The van der Waals surface area contributed by atoms with Crippen LogP contribution in [0, 0.1) is 6.92 Å². The van der Waals surface area contributed by atoms with Gasteiger partial charge >= 0.3 is 0 Å². The number of nitrogens with two attached hydrogens (primary N) is 1. The first-order valence-electron chi connectivity index (χ1n) is 5.39. The summed E-state index contributed by atoms with van der Waals surface area (Å²) in [5.41, 5.74) is 9.23. The Morgan fingerprint density at radius 1 is 1.06 bits per heavy atom. The van der Waals surface area contributed by atoms with E-state index in [1.807, 2.05) is 31.2 Å². The van der Waals surface area contributed by atoms with E-state index in [4.69, 9.17) is 5.73 Å². The molecule has 0 saturated carbocycles. The number of carbonyl (C=O) groups excluding carboxylic acids is 1. The topological polar surface area (TPSA) is 65.0 Å². The smallest absolute Gasteiger partial charge is 0.248 e. The highest BCUT2D eigenvalue weighted by Gasteiger charge is 2.10. The van der Waals surface area contributed by atoms with Gasteiger partial charge in [0.25, 0.3) is 0 Å². The first kappa shape index (κ1) is 11.2. The van der Waals surface area contributed by atoms with Gasteiger partial charge in [-0.2, -0.15) is 0 Å². The van der Waals surface area contributed by atoms with Crippen LogP contribution < -0.4 is 11.1 Å². The van der Waals surface area contributed by atoms with Crippen LogP contribution in [0.15, 0.2) is 48.5 Å². The zero-order valence-corrected chi connectivity index (χ0v) is 9.60. The summed E-state index contributed by atoms with van der Waals surface area (Å²) in [4.78, 5) is 10.6. The SMILES string of the molecule is Cc1cccc(C(N)=O)c1.c1ccc2c(c1)N2. The van der Waals surface area contributed by atoms with E-state index >= 15 is 0 Å². The van der Waals surface area contributed by atoms with E-state index in [1.165, 1.54) is 11.4 Å². The Morgan fingerprint density at radius 2 is 1.71 bits per heavy atom. The maximum absolute atomic E-state index is 10.6. The monoisotopic (exact) mass is 226 g/mol. The number of nitrogens with one attached hydrogen (secondary N) is 1. The molecule has 0 radical (unpaired) electrons. The molecule has 0 spiro atoms. The van der Waals surface area contributed by atoms with Crippen molar-refractivity contribution in [2.45, 2.75) is 6.92 Å². The number of rotatable bonds is 1. The van der Waals surface area contributed by atoms with E-state index in [2.05, 4.69) is 17.4 Å². The Hall–Kier alpha value is -2.29. The third-order valence-electron chi connectivity index (χ3n) is 2.44. The number of para-hydroxylation sites is 2. The molecule has 0 bridgehead atoms. The second-order valence-corrected chi connectivity index (χ2v) is 3.90. The third kappa shape index (κ3) is 3.08. The fourth-order valence-electron chi connectivity index (χ4n) is 1.48. The molecule has 3 N–H and O–H groups in total. The second-order valence-electron chi connectivity index (χ2n) is 3.90. The minimum Gasteiger partial charge on any atom is -0.366 e. The molecule has 17 heavy (non-hydrogen) atoms. The van der Waals surface area contributed by atoms with E-state index in [9.17, 15) is 4.79 Å². The van der Waals surface area contributed by atoms with Crippen molar-refractivity contribution in [1.29, 1.82) is 0 Å². The molecule has 0 saturated heterocycles. The van der Waals surface area contributed by atoms with Gasteiger partial charge in [0.2, 0.25) is 5.91 Å². The molecule has 2 aromatic rings. The summed E-state index contributed by atoms with van der Waals surface area (Å²) in [5.74, 6) is -0.372. The molecule has 3 rings (SSSR count). The van der Waals surface area contributed by atoms with Crippen LogP contribution in [-0.4, -0.2) is 5.91 Å². The van der Waals surface area contributed by atoms with Crippen LogP contribution in [0.3, 0.4) is 0 Å². The van der Waals surface area contributed by atoms with Gasteiger partial charge in [0.05, 0.1) is 11.4 Å². The maximum Gasteiger partial charge on any atom is 0.248 e. The molecule has 0 unspecified atom stereocenters. The third-order valence-corrected chi connectivity index (χ3v) is 2.44. The van der Waals surface area contributed by atoms with Crippen molar-refractivity contribution in [1.82, 2.24) is 0 Å². The molecule has 0 fully saturated rings. The molecular formula is C14H14N2O. The summed E-state index contributed by atoms with van der Waals surface area (Å²) in [6.07, 6.45) is 0. The van der Waals surface area contributed by atoms with Crippen LogP contribution >= 0.6 is 0 Å². The van der Waals surface area contributed by atoms with Crippen molar-refractivity contribution in [2.75, 3.05) is 5.32 Å². The standard InChI is InChI=1S/C8H9NO.C6H5N/c1-6-3-2-4-7(5-6)8(9)10;1-2-4-6-5(3-1)7-6/h2-5H,1H3,(H2,9,10);1-4,7H. The van der Waals surface area contributed by atoms with Gasteiger partial charge in [-0.25, -0.2) is 0 Å². The number of fused-ring (bicyclic) bond motifs is 1. The highest BCUT2D eigenvalue weighted by molar-refractivity contribution is 5.92. The number of carbonyl (C=O) groups is 1. The number of aryl methyl sites for hydroxylation is 1. The average molecular weight is 226 g/mol. The summed E-state index contributed by atoms with van der Waals surface area (Å²) in [5, 5.41) is 3.09. The maximum atomic E-state index is 10.6. The number of amides is 1. The number of hydrogen-bond acceptors (Lipinski definition) is 2. The normalized spacial score (nSPS) is 10.4. The first-order chi connectivity index (χ1) is 8.16. The fraction of sp³-hybridized carbons (Fsp3) is 0.0714. The Bertz CT molecular complexity index is 528. The van der Waals surface area contributed by atoms with Gasteiger partial charge in [-0.05, 0) is 31.2 Å². The van der Waals surface area contributed by atoms with Crippen molar-refractivity contribution in [2.24, 2.45) is 5.73 Å². The lowest BCUT2D eigenvalue weighted by Gasteiger charge is -1.94. The van der Waals surface area contributed by atoms with Crippen LogP contribution in [-0.2, 0) is 0 Å². The molecule has 1 aliphatic rings. The highest BCUT2D eigenvalue weighted by Crippen LogP contribution is 2.36. The Labute approximate surface area is 100 Å². The fourth-order valence-corrected chi connectivity index (χ4v) is 1.48. The first-order valence-corrected chi connectivity index (χ1v) is 5.39. The highest BCUT2D eigenvalue weighted by atomic mass is 16.1. The molecule has 3 nitrogen and oxygen atoms in total. The van der Waals surface area contributed by atoms with Crippen molar-refractivity contribution in [3.8, 4) is 0 Å². The molecular weight excluding hydrogens is 212 g/mol. The Balaban J connectivity index is 0.000000134. The lowest BCUT2D eigenvalue weighted by Crippen LogP contribution is -2.10. The van der Waals surface area contributed by atoms with Crippen molar-refractivity contribution in [3.05, 3.63) is 59.7 Å². The van der Waals surface area contributed by atoms with E-state index in [0.717, 1.165) is 5.56 Å². The van der Waals surface area contributed by atoms with E-state index in [0.29, 0.717) is 5.56 Å². The summed E-state index contributed by atoms with van der Waals surface area (Å²) < 4.78 is 0. The quantitative estimate of drug-likeness (QED) is 0.626. The largest absolute Gasteiger partial charge is 0.366 e. The summed E-state index contributed by atoms with van der Waals surface area (Å²) in [6, 6.07) is 15.4. The summed E-state index contributed by atoms with van der Waals surface area (Å²) in [7, 11) is 0. The van der Waals surface area contributed by atoms with Crippen LogP contribution in [0.25, 0.3) is 0 Å². The van der Waals surface area contributed by atoms with E-state index in [-0.39, 0.29) is 5.91 Å². The molecule has 2 aromatic carbocycles. The molecule has 1 amide bonds. The number of anilines is 2. The van der Waals surface area contributed by atoms with Gasteiger partial charge < -0.3 is 11.1 Å². The lowest BCUT2D eigenvalue weighted by molar-refractivity contribution is 0.1000. The zero-order chi connectivity index (χ0) is 12.3. The van der Waals surface area contributed by atoms with Gasteiger partial charge in [0, 0.05) is 5.56 Å². The second kappa shape index (κ2) is 4.70. The molecule has 0 atom stereocenters. The van der Waals surface area contributed by atoms with E-state index in [1.54, 1.807) is 12.1 Å². The summed E-state index contributed by atoms with van der Waals surface area (Å²) in [6.45, 7) is 1.92. The summed E-state index contributed by atoms with van der Waals surface area (Å²) >= 11 is 0. The zero-order valence-electron chi connectivity index (χ0n) is 9.60. The number of benzene rings is 2. The minimum absolute atomic E-state index is 0.372. The van der Waals surface area contributed by atoms with Crippen LogP contribution in [0.2, 0.25) is 0 Å². The molecule has 0 aliphatic carbocycles. The van der Waals surface area contributed by atoms with Crippen molar-refractivity contribution < 1.29 is 4.79 Å². The van der Waals surface area contributed by atoms with Crippen molar-refractivity contribution in [3.63, 3.8) is 0 Å². The molecule has 1 heterocycles. The van der Waals surface area contributed by atoms with Gasteiger partial charge in [0.15, 0.2) is 0 Å². The number of primary amides is 1. The van der Waals surface area contributed by atoms with Crippen LogP contribution in [0.5, 0.6) is 0 Å². The minimum atomic E-state index is -0.372. The van der Waals surface area contributed by atoms with Crippen LogP contribution in [0.1, 0.15) is 15.9 Å². The van der Waals surface area contributed by atoms with Gasteiger partial charge in [-0.15, -0.1) is 0 Å². The molecule has 86 valence electrons. The molecule has 0 aromatic heterocycles. The Kier molecular flexibility index (Phi) is 3.10. The van der Waals surface area contributed by atoms with E-state index < -0.39 is 0 Å². The average Bonchev–Trinajstić information content (AvgIpc) is 3.08. The number of hydrogen-bond donors (Lipinski definition) is 2. The lowest BCUT2D eigenvalue weighted by atomic mass is 10.1. The Morgan fingerprint density at radius 3 is 2.12 bits per heavy atom.